The molecule has 0 spiro atoms. The van der Waals surface area contributed by atoms with E-state index in [4.69, 9.17) is 22.4 Å². The molecule has 0 aromatic heterocycles. The fraction of sp³-hybridized carbons (Fsp3) is 1.00. The van der Waals surface area contributed by atoms with E-state index < -0.39 is 24.6 Å². The van der Waals surface area contributed by atoms with E-state index in [-0.39, 0.29) is 12.5 Å². The summed E-state index contributed by atoms with van der Waals surface area (Å²) < 4.78 is 23.6. The lowest BCUT2D eigenvalue weighted by Gasteiger charge is -2.25. The van der Waals surface area contributed by atoms with Gasteiger partial charge in [0.2, 0.25) is 0 Å². The normalized spacial score (nSPS) is 40.1. The van der Waals surface area contributed by atoms with Crippen molar-refractivity contribution >= 4 is 7.85 Å². The van der Waals surface area contributed by atoms with Crippen LogP contribution in [0.2, 0.25) is 0 Å². The van der Waals surface area contributed by atoms with Gasteiger partial charge in [0.1, 0.15) is 20.6 Å². The van der Waals surface area contributed by atoms with Crippen LogP contribution in [-0.2, 0) is 9.47 Å². The summed E-state index contributed by atoms with van der Waals surface area (Å²) in [5.74, 6) is -2.14. The quantitative estimate of drug-likeness (QED) is 0.649. The SMILES string of the molecule is [B][C@H]1C[C@@H](OC(C)C)[C@@](F)(CO)O1. The standard InChI is InChI=1S/C8H14BFO3/c1-5(2)12-6-3-7(9)13-8(6,10)4-11/h5-7,11H,3-4H2,1-2H3/t6-,7-,8-/m1/s1. The van der Waals surface area contributed by atoms with Crippen LogP contribution in [0.25, 0.3) is 0 Å². The second kappa shape index (κ2) is 3.94. The maximum atomic E-state index is 13.6. The number of hydrogen-bond donors (Lipinski definition) is 1. The molecule has 0 aromatic rings. The molecule has 3 nitrogen and oxygen atoms in total. The Morgan fingerprint density at radius 1 is 1.77 bits per heavy atom. The molecular formula is C8H14BFO3. The van der Waals surface area contributed by atoms with Gasteiger partial charge in [0.25, 0.3) is 5.85 Å². The zero-order chi connectivity index (χ0) is 10.1. The highest BCUT2D eigenvalue weighted by Gasteiger charge is 2.48. The van der Waals surface area contributed by atoms with Crippen molar-refractivity contribution < 1.29 is 19.0 Å². The van der Waals surface area contributed by atoms with E-state index in [0.29, 0.717) is 0 Å². The molecule has 1 rings (SSSR count). The number of alkyl halides is 1. The molecule has 5 heteroatoms. The molecule has 1 aliphatic rings. The summed E-state index contributed by atoms with van der Waals surface area (Å²) in [5.41, 5.74) is 0. The Morgan fingerprint density at radius 3 is 2.85 bits per heavy atom. The van der Waals surface area contributed by atoms with E-state index in [1.54, 1.807) is 13.8 Å². The minimum Gasteiger partial charge on any atom is -0.390 e. The van der Waals surface area contributed by atoms with Gasteiger partial charge in [-0.1, -0.05) is 0 Å². The molecule has 1 fully saturated rings. The van der Waals surface area contributed by atoms with Crippen molar-refractivity contribution in [3.05, 3.63) is 0 Å². The summed E-state index contributed by atoms with van der Waals surface area (Å²) in [5, 5.41) is 8.79. The lowest BCUT2D eigenvalue weighted by Crippen LogP contribution is -2.41. The third-order valence-electron chi connectivity index (χ3n) is 1.93. The van der Waals surface area contributed by atoms with Gasteiger partial charge in [-0.15, -0.1) is 0 Å². The fourth-order valence-corrected chi connectivity index (χ4v) is 1.39. The van der Waals surface area contributed by atoms with E-state index in [1.165, 1.54) is 0 Å². The van der Waals surface area contributed by atoms with E-state index in [0.717, 1.165) is 0 Å². The highest BCUT2D eigenvalue weighted by molar-refractivity contribution is 6.11. The van der Waals surface area contributed by atoms with E-state index in [2.05, 4.69) is 0 Å². The van der Waals surface area contributed by atoms with Crippen LogP contribution in [0.4, 0.5) is 4.39 Å². The zero-order valence-corrected chi connectivity index (χ0v) is 7.87. The molecule has 0 bridgehead atoms. The van der Waals surface area contributed by atoms with Gasteiger partial charge in [-0.3, -0.25) is 0 Å². The molecule has 13 heavy (non-hydrogen) atoms. The minimum absolute atomic E-state index is 0.111. The van der Waals surface area contributed by atoms with Crippen LogP contribution in [0.15, 0.2) is 0 Å². The van der Waals surface area contributed by atoms with E-state index in [9.17, 15) is 4.39 Å². The van der Waals surface area contributed by atoms with Gasteiger partial charge < -0.3 is 14.6 Å². The molecule has 0 aromatic carbocycles. The average molecular weight is 188 g/mol. The summed E-state index contributed by atoms with van der Waals surface area (Å²) >= 11 is 0. The first-order valence-corrected chi connectivity index (χ1v) is 4.36. The number of halogens is 1. The Morgan fingerprint density at radius 2 is 2.38 bits per heavy atom. The summed E-state index contributed by atoms with van der Waals surface area (Å²) in [4.78, 5) is 0. The second-order valence-corrected chi connectivity index (χ2v) is 3.51. The van der Waals surface area contributed by atoms with Crippen molar-refractivity contribution in [2.24, 2.45) is 0 Å². The highest BCUT2D eigenvalue weighted by Crippen LogP contribution is 2.33. The molecular weight excluding hydrogens is 174 g/mol. The van der Waals surface area contributed by atoms with Gasteiger partial charge in [0.05, 0.1) is 6.10 Å². The predicted octanol–water partition coefficient (Wildman–Crippen LogP) is 0.353. The third kappa shape index (κ3) is 2.42. The highest BCUT2D eigenvalue weighted by atomic mass is 19.2. The molecule has 1 N–H and O–H groups in total. The van der Waals surface area contributed by atoms with Crippen molar-refractivity contribution in [2.45, 2.75) is 44.3 Å². The molecule has 2 radical (unpaired) electrons. The summed E-state index contributed by atoms with van der Waals surface area (Å²) in [7, 11) is 5.40. The van der Waals surface area contributed by atoms with Gasteiger partial charge in [0.15, 0.2) is 0 Å². The smallest absolute Gasteiger partial charge is 0.258 e. The van der Waals surface area contributed by atoms with Gasteiger partial charge in [0, 0.05) is 6.00 Å². The number of ether oxygens (including phenoxy) is 2. The lowest BCUT2D eigenvalue weighted by molar-refractivity contribution is -0.205. The monoisotopic (exact) mass is 188 g/mol. The van der Waals surface area contributed by atoms with Crippen LogP contribution in [0.1, 0.15) is 20.3 Å². The third-order valence-corrected chi connectivity index (χ3v) is 1.93. The first-order valence-electron chi connectivity index (χ1n) is 4.36. The van der Waals surface area contributed by atoms with Gasteiger partial charge in [-0.05, 0) is 20.3 Å². The van der Waals surface area contributed by atoms with Gasteiger partial charge >= 0.3 is 0 Å². The Kier molecular flexibility index (Phi) is 3.32. The topological polar surface area (TPSA) is 38.7 Å². The van der Waals surface area contributed by atoms with Gasteiger partial charge in [-0.2, -0.15) is 0 Å². The lowest BCUT2D eigenvalue weighted by atomic mass is 9.96. The molecule has 0 amide bonds. The molecule has 0 aliphatic carbocycles. The summed E-state index contributed by atoms with van der Waals surface area (Å²) in [6.45, 7) is 2.86. The summed E-state index contributed by atoms with van der Waals surface area (Å²) in [6.07, 6.45) is -0.608. The van der Waals surface area contributed by atoms with Crippen molar-refractivity contribution in [3.63, 3.8) is 0 Å². The van der Waals surface area contributed by atoms with Crippen molar-refractivity contribution in [2.75, 3.05) is 6.61 Å². The predicted molar refractivity (Wildman–Crippen MR) is 46.2 cm³/mol. The van der Waals surface area contributed by atoms with Crippen LogP contribution in [0.5, 0.6) is 0 Å². The minimum atomic E-state index is -2.14. The second-order valence-electron chi connectivity index (χ2n) is 3.51. The van der Waals surface area contributed by atoms with Crippen LogP contribution >= 0.6 is 0 Å². The van der Waals surface area contributed by atoms with Gasteiger partial charge in [-0.25, -0.2) is 4.39 Å². The zero-order valence-electron chi connectivity index (χ0n) is 7.87. The van der Waals surface area contributed by atoms with Crippen LogP contribution < -0.4 is 0 Å². The maximum absolute atomic E-state index is 13.6. The summed E-state index contributed by atoms with van der Waals surface area (Å²) in [6, 6.07) is -0.694. The Hall–Kier alpha value is -0.125. The number of hydrogen-bond acceptors (Lipinski definition) is 3. The molecule has 0 unspecified atom stereocenters. The van der Waals surface area contributed by atoms with E-state index >= 15 is 0 Å². The molecule has 74 valence electrons. The molecule has 1 aliphatic heterocycles. The van der Waals surface area contributed by atoms with Crippen molar-refractivity contribution in [1.29, 1.82) is 0 Å². The number of rotatable bonds is 3. The Bertz CT molecular complexity index is 179. The number of aliphatic hydroxyl groups is 1. The largest absolute Gasteiger partial charge is 0.390 e. The first-order chi connectivity index (χ1) is 5.98. The molecule has 1 saturated heterocycles. The maximum Gasteiger partial charge on any atom is 0.258 e. The van der Waals surface area contributed by atoms with Crippen molar-refractivity contribution in [1.82, 2.24) is 0 Å². The van der Waals surface area contributed by atoms with Crippen LogP contribution in [-0.4, -0.2) is 43.6 Å². The number of aliphatic hydroxyl groups excluding tert-OH is 1. The first kappa shape index (κ1) is 11.0. The Labute approximate surface area is 78.6 Å². The molecule has 1 heterocycles. The average Bonchev–Trinajstić information content (AvgIpc) is 2.27. The van der Waals surface area contributed by atoms with Crippen LogP contribution in [0.3, 0.4) is 0 Å². The Balaban J connectivity index is 2.61. The van der Waals surface area contributed by atoms with Crippen LogP contribution in [0, 0.1) is 0 Å². The fourth-order valence-electron chi connectivity index (χ4n) is 1.39. The molecule has 3 atom stereocenters. The van der Waals surface area contributed by atoms with E-state index in [1.807, 2.05) is 0 Å². The van der Waals surface area contributed by atoms with Crippen molar-refractivity contribution in [3.8, 4) is 0 Å². The molecule has 0 saturated carbocycles.